The van der Waals surface area contributed by atoms with Crippen LogP contribution in [-0.2, 0) is 27.1 Å². The topological polar surface area (TPSA) is 35.5 Å². The maximum Gasteiger partial charge on any atom is 0.189 e. The van der Waals surface area contributed by atoms with Crippen molar-refractivity contribution in [3.8, 4) is 0 Å². The van der Waals surface area contributed by atoms with Crippen LogP contribution in [-0.4, -0.2) is 18.2 Å². The number of ketones is 1. The normalized spacial score (nSPS) is 26.6. The lowest BCUT2D eigenvalue weighted by atomic mass is 9.71. The van der Waals surface area contributed by atoms with E-state index in [0.29, 0.717) is 31.4 Å². The fourth-order valence-electron chi connectivity index (χ4n) is 3.94. The van der Waals surface area contributed by atoms with Crippen LogP contribution in [0.25, 0.3) is 0 Å². The van der Waals surface area contributed by atoms with E-state index in [1.54, 1.807) is 18.2 Å². The molecule has 0 radical (unpaired) electrons. The summed E-state index contributed by atoms with van der Waals surface area (Å²) >= 11 is 0. The van der Waals surface area contributed by atoms with Gasteiger partial charge in [-0.2, -0.15) is 0 Å². The Morgan fingerprint density at radius 1 is 1.48 bits per heavy atom. The predicted octanol–water partition coefficient (Wildman–Crippen LogP) is 4.36. The number of halogens is 1. The molecule has 4 heteroatoms. The number of carbonyl (C=O) groups is 1. The minimum Gasteiger partial charge on any atom is -0.469 e. The van der Waals surface area contributed by atoms with Gasteiger partial charge in [0.15, 0.2) is 12.6 Å². The number of carbonyl (C=O) groups excluding carboxylic acids is 1. The molecule has 1 aliphatic carbocycles. The summed E-state index contributed by atoms with van der Waals surface area (Å²) in [4.78, 5) is 12.3. The lowest BCUT2D eigenvalue weighted by molar-refractivity contribution is -0.123. The van der Waals surface area contributed by atoms with E-state index in [2.05, 4.69) is 13.5 Å². The van der Waals surface area contributed by atoms with E-state index in [0.717, 1.165) is 11.1 Å². The second-order valence-corrected chi connectivity index (χ2v) is 7.02. The highest BCUT2D eigenvalue weighted by molar-refractivity contribution is 5.93. The van der Waals surface area contributed by atoms with Crippen molar-refractivity contribution in [2.45, 2.75) is 45.1 Å². The summed E-state index contributed by atoms with van der Waals surface area (Å²) in [6.45, 7) is 7.93. The minimum atomic E-state index is -0.610. The molecule has 3 atom stereocenters. The number of benzene rings is 1. The molecule has 1 fully saturated rings. The molecule has 0 N–H and O–H groups in total. The second kappa shape index (κ2) is 7.12. The fraction of sp³-hybridized carbons (Fsp3) is 0.476. The lowest BCUT2D eigenvalue weighted by Gasteiger charge is -2.38. The van der Waals surface area contributed by atoms with Crippen molar-refractivity contribution < 1.29 is 18.7 Å². The van der Waals surface area contributed by atoms with Gasteiger partial charge in [0.05, 0.1) is 0 Å². The maximum atomic E-state index is 14.1. The van der Waals surface area contributed by atoms with Gasteiger partial charge >= 0.3 is 0 Å². The van der Waals surface area contributed by atoms with Crippen molar-refractivity contribution in [1.29, 1.82) is 0 Å². The van der Waals surface area contributed by atoms with Crippen molar-refractivity contribution in [3.63, 3.8) is 0 Å². The van der Waals surface area contributed by atoms with E-state index < -0.39 is 5.60 Å². The van der Waals surface area contributed by atoms with Gasteiger partial charge in [-0.25, -0.2) is 4.39 Å². The number of hydrogen-bond acceptors (Lipinski definition) is 3. The quantitative estimate of drug-likeness (QED) is 0.719. The van der Waals surface area contributed by atoms with Crippen LogP contribution < -0.4 is 0 Å². The molecule has 134 valence electrons. The standard InChI is InChI=1S/C21H25FO3/c1-4-6-17-12-21(20(11-19(17)23)24-13-25-21)14(3)9-15-7-8-16(5-2)18(22)10-15/h4,7-8,10-11,14,17H,1,5-6,9,12-13H2,2-3H3/t14-,17+,21-/m1/s1. The molecule has 3 nitrogen and oxygen atoms in total. The SMILES string of the molecule is C=CC[C@H]1C[C@]2([C@H](C)Cc3ccc(CC)c(F)c3)OCOC2=CC1=O. The van der Waals surface area contributed by atoms with Crippen LogP contribution in [0.15, 0.2) is 42.7 Å². The van der Waals surface area contributed by atoms with Gasteiger partial charge in [0.2, 0.25) is 0 Å². The van der Waals surface area contributed by atoms with Crippen LogP contribution in [0.2, 0.25) is 0 Å². The van der Waals surface area contributed by atoms with Crippen LogP contribution in [0, 0.1) is 17.7 Å². The molecule has 0 saturated carbocycles. The third-order valence-corrected chi connectivity index (χ3v) is 5.46. The van der Waals surface area contributed by atoms with Crippen molar-refractivity contribution in [2.24, 2.45) is 11.8 Å². The van der Waals surface area contributed by atoms with Crippen LogP contribution in [0.1, 0.15) is 37.8 Å². The predicted molar refractivity (Wildman–Crippen MR) is 94.4 cm³/mol. The van der Waals surface area contributed by atoms with E-state index in [4.69, 9.17) is 9.47 Å². The molecule has 0 bridgehead atoms. The lowest BCUT2D eigenvalue weighted by Crippen LogP contribution is -2.44. The maximum absolute atomic E-state index is 14.1. The molecular weight excluding hydrogens is 319 g/mol. The van der Waals surface area contributed by atoms with Crippen LogP contribution in [0.5, 0.6) is 0 Å². The Hall–Kier alpha value is -1.94. The average Bonchev–Trinajstić information content (AvgIpc) is 2.99. The number of hydrogen-bond donors (Lipinski definition) is 0. The van der Waals surface area contributed by atoms with Crippen LogP contribution in [0.4, 0.5) is 4.39 Å². The van der Waals surface area contributed by atoms with Gasteiger partial charge in [0, 0.05) is 12.0 Å². The zero-order chi connectivity index (χ0) is 18.0. The van der Waals surface area contributed by atoms with E-state index in [1.165, 1.54) is 0 Å². The molecule has 0 unspecified atom stereocenters. The number of rotatable bonds is 6. The fourth-order valence-corrected chi connectivity index (χ4v) is 3.94. The second-order valence-electron chi connectivity index (χ2n) is 7.02. The van der Waals surface area contributed by atoms with Crippen LogP contribution in [0.3, 0.4) is 0 Å². The summed E-state index contributed by atoms with van der Waals surface area (Å²) in [7, 11) is 0. The van der Waals surface area contributed by atoms with Gasteiger partial charge < -0.3 is 9.47 Å². The molecule has 0 spiro atoms. The minimum absolute atomic E-state index is 0.0635. The number of fused-ring (bicyclic) bond motifs is 1. The summed E-state index contributed by atoms with van der Waals surface area (Å²) in [6.07, 6.45) is 5.91. The molecule has 1 saturated heterocycles. The Morgan fingerprint density at radius 3 is 2.96 bits per heavy atom. The zero-order valence-corrected chi connectivity index (χ0v) is 14.9. The zero-order valence-electron chi connectivity index (χ0n) is 14.9. The van der Waals surface area contributed by atoms with E-state index >= 15 is 0 Å². The Balaban J connectivity index is 1.85. The Bertz CT molecular complexity index is 709. The van der Waals surface area contributed by atoms with Gasteiger partial charge in [-0.15, -0.1) is 6.58 Å². The Labute approximate surface area is 148 Å². The highest BCUT2D eigenvalue weighted by Crippen LogP contribution is 2.46. The molecule has 0 aromatic heterocycles. The summed E-state index contributed by atoms with van der Waals surface area (Å²) in [5, 5.41) is 0. The molecule has 25 heavy (non-hydrogen) atoms. The number of ether oxygens (including phenoxy) is 2. The highest BCUT2D eigenvalue weighted by atomic mass is 19.1. The van der Waals surface area contributed by atoms with Crippen molar-refractivity contribution in [2.75, 3.05) is 6.79 Å². The summed E-state index contributed by atoms with van der Waals surface area (Å²) < 4.78 is 25.7. The highest BCUT2D eigenvalue weighted by Gasteiger charge is 2.51. The van der Waals surface area contributed by atoms with E-state index in [9.17, 15) is 9.18 Å². The smallest absolute Gasteiger partial charge is 0.189 e. The molecule has 2 aliphatic rings. The Kier molecular flexibility index (Phi) is 5.09. The van der Waals surface area contributed by atoms with Gasteiger partial charge in [0.1, 0.15) is 17.2 Å². The first-order chi connectivity index (χ1) is 12.0. The van der Waals surface area contributed by atoms with Crippen LogP contribution >= 0.6 is 0 Å². The Morgan fingerprint density at radius 2 is 2.28 bits per heavy atom. The van der Waals surface area contributed by atoms with Gasteiger partial charge in [-0.05, 0) is 48.8 Å². The van der Waals surface area contributed by atoms with Gasteiger partial charge in [-0.1, -0.05) is 32.1 Å². The van der Waals surface area contributed by atoms with Crippen molar-refractivity contribution >= 4 is 5.78 Å². The molecule has 1 aromatic carbocycles. The third kappa shape index (κ3) is 3.28. The molecule has 0 amide bonds. The van der Waals surface area contributed by atoms with Crippen molar-refractivity contribution in [1.82, 2.24) is 0 Å². The van der Waals surface area contributed by atoms with E-state index in [-0.39, 0.29) is 30.2 Å². The first-order valence-corrected chi connectivity index (χ1v) is 8.91. The van der Waals surface area contributed by atoms with Gasteiger partial charge in [-0.3, -0.25) is 4.79 Å². The van der Waals surface area contributed by atoms with E-state index in [1.807, 2.05) is 19.1 Å². The molecule has 1 heterocycles. The molecule has 1 aliphatic heterocycles. The van der Waals surface area contributed by atoms with Crippen molar-refractivity contribution in [3.05, 3.63) is 59.6 Å². The summed E-state index contributed by atoms with van der Waals surface area (Å²) in [5.41, 5.74) is 1.05. The third-order valence-electron chi connectivity index (χ3n) is 5.46. The molecule has 3 rings (SSSR count). The molecular formula is C21H25FO3. The first-order valence-electron chi connectivity index (χ1n) is 8.91. The first kappa shape index (κ1) is 17.9. The summed E-state index contributed by atoms with van der Waals surface area (Å²) in [6, 6.07) is 5.44. The average molecular weight is 344 g/mol. The number of allylic oxidation sites excluding steroid dienone is 2. The molecule has 1 aromatic rings. The largest absolute Gasteiger partial charge is 0.469 e. The number of aryl methyl sites for hydroxylation is 1. The monoisotopic (exact) mass is 344 g/mol. The van der Waals surface area contributed by atoms with Gasteiger partial charge in [0.25, 0.3) is 0 Å². The summed E-state index contributed by atoms with van der Waals surface area (Å²) in [5.74, 6) is 0.461.